The third-order valence-corrected chi connectivity index (χ3v) is 5.81. The number of carbonyl (C=O) groups excluding carboxylic acids is 1. The van der Waals surface area contributed by atoms with E-state index in [1.165, 1.54) is 0 Å². The second kappa shape index (κ2) is 7.16. The fourth-order valence-corrected chi connectivity index (χ4v) is 3.95. The van der Waals surface area contributed by atoms with Crippen LogP contribution < -0.4 is 5.32 Å². The van der Waals surface area contributed by atoms with Gasteiger partial charge in [-0.1, -0.05) is 42.5 Å². The van der Waals surface area contributed by atoms with Crippen LogP contribution in [-0.2, 0) is 10.2 Å². The average molecular weight is 366 g/mol. The number of benzene rings is 2. The molecule has 2 N–H and O–H groups in total. The van der Waals surface area contributed by atoms with Crippen molar-refractivity contribution in [2.75, 3.05) is 12.0 Å². The molecule has 0 saturated heterocycles. The highest BCUT2D eigenvalue weighted by Crippen LogP contribution is 2.48. The van der Waals surface area contributed by atoms with E-state index in [0.29, 0.717) is 0 Å². The molecule has 3 aromatic rings. The number of imidazole rings is 1. The first-order valence-electron chi connectivity index (χ1n) is 9.03. The number of fused-ring (bicyclic) bond motifs is 1. The number of H-pyrrole nitrogens is 1. The van der Waals surface area contributed by atoms with E-state index in [4.69, 9.17) is 4.98 Å². The first-order chi connectivity index (χ1) is 12.7. The van der Waals surface area contributed by atoms with Gasteiger partial charge in [0.1, 0.15) is 5.82 Å². The molecule has 0 bridgehead atoms. The molecule has 2 aromatic carbocycles. The summed E-state index contributed by atoms with van der Waals surface area (Å²) >= 11 is 1.79. The number of aromatic amines is 1. The Kier molecular flexibility index (Phi) is 4.72. The average Bonchev–Trinajstić information content (AvgIpc) is 3.38. The third-order valence-electron chi connectivity index (χ3n) is 5.16. The lowest BCUT2D eigenvalue weighted by Crippen LogP contribution is -2.38. The predicted molar refractivity (Wildman–Crippen MR) is 107 cm³/mol. The van der Waals surface area contributed by atoms with Crippen molar-refractivity contribution in [2.24, 2.45) is 0 Å². The lowest BCUT2D eigenvalue weighted by atomic mass is 9.94. The van der Waals surface area contributed by atoms with Crippen LogP contribution in [0.4, 0.5) is 0 Å². The first kappa shape index (κ1) is 17.2. The molecule has 0 radical (unpaired) electrons. The standard InChI is InChI=1S/C21H23N3OS/c1-26-14-11-18(19-22-16-9-5-6-10-17(16)23-19)24-20(25)21(12-13-21)15-7-3-2-4-8-15/h2-10,18H,11-14H2,1H3,(H,22,23)(H,24,25). The van der Waals surface area contributed by atoms with Gasteiger partial charge in [-0.3, -0.25) is 4.79 Å². The Morgan fingerprint density at radius 1 is 1.19 bits per heavy atom. The summed E-state index contributed by atoms with van der Waals surface area (Å²) in [6, 6.07) is 18.0. The summed E-state index contributed by atoms with van der Waals surface area (Å²) in [5.41, 5.74) is 2.71. The van der Waals surface area contributed by atoms with Crippen LogP contribution in [0.2, 0.25) is 0 Å². The van der Waals surface area contributed by atoms with Crippen LogP contribution in [-0.4, -0.2) is 27.9 Å². The molecule has 26 heavy (non-hydrogen) atoms. The third kappa shape index (κ3) is 3.23. The number of hydrogen-bond acceptors (Lipinski definition) is 3. The number of rotatable bonds is 7. The summed E-state index contributed by atoms with van der Waals surface area (Å²) in [6.45, 7) is 0. The van der Waals surface area contributed by atoms with Crippen molar-refractivity contribution < 1.29 is 4.79 Å². The van der Waals surface area contributed by atoms with E-state index in [1.54, 1.807) is 11.8 Å². The van der Waals surface area contributed by atoms with Crippen molar-refractivity contribution in [3.63, 3.8) is 0 Å². The van der Waals surface area contributed by atoms with Crippen LogP contribution >= 0.6 is 11.8 Å². The Balaban J connectivity index is 1.58. The van der Waals surface area contributed by atoms with E-state index in [0.717, 1.165) is 47.4 Å². The molecule has 1 aliphatic carbocycles. The van der Waals surface area contributed by atoms with Crippen molar-refractivity contribution in [3.05, 3.63) is 66.0 Å². The second-order valence-corrected chi connectivity index (χ2v) is 7.88. The van der Waals surface area contributed by atoms with Gasteiger partial charge in [-0.2, -0.15) is 11.8 Å². The van der Waals surface area contributed by atoms with Gasteiger partial charge in [0.25, 0.3) is 0 Å². The number of thioether (sulfide) groups is 1. The molecule has 4 rings (SSSR count). The van der Waals surface area contributed by atoms with E-state index in [9.17, 15) is 4.79 Å². The smallest absolute Gasteiger partial charge is 0.231 e. The molecule has 1 aromatic heterocycles. The Morgan fingerprint density at radius 2 is 1.92 bits per heavy atom. The van der Waals surface area contributed by atoms with Crippen LogP contribution in [0.5, 0.6) is 0 Å². The molecule has 1 fully saturated rings. The van der Waals surface area contributed by atoms with Crippen LogP contribution in [0, 0.1) is 0 Å². The summed E-state index contributed by atoms with van der Waals surface area (Å²) in [7, 11) is 0. The number of hydrogen-bond donors (Lipinski definition) is 2. The molecule has 1 aliphatic rings. The van der Waals surface area contributed by atoms with E-state index >= 15 is 0 Å². The van der Waals surface area contributed by atoms with Crippen molar-refractivity contribution in [2.45, 2.75) is 30.7 Å². The Labute approximate surface area is 157 Å². The maximum absolute atomic E-state index is 13.1. The maximum Gasteiger partial charge on any atom is 0.231 e. The summed E-state index contributed by atoms with van der Waals surface area (Å²) in [6.07, 6.45) is 4.78. The summed E-state index contributed by atoms with van der Waals surface area (Å²) < 4.78 is 0. The molecule has 1 saturated carbocycles. The predicted octanol–water partition coefficient (Wildman–Crippen LogP) is 4.21. The molecule has 1 heterocycles. The lowest BCUT2D eigenvalue weighted by molar-refractivity contribution is -0.124. The van der Waals surface area contributed by atoms with Gasteiger partial charge in [-0.15, -0.1) is 0 Å². The molecule has 1 atom stereocenters. The van der Waals surface area contributed by atoms with Crippen molar-refractivity contribution in [1.82, 2.24) is 15.3 Å². The summed E-state index contributed by atoms with van der Waals surface area (Å²) in [5.74, 6) is 1.94. The molecular formula is C21H23N3OS. The SMILES string of the molecule is CSCCC(NC(=O)C1(c2ccccc2)CC1)c1nc2ccccc2[nH]1. The minimum absolute atomic E-state index is 0.0939. The summed E-state index contributed by atoms with van der Waals surface area (Å²) in [4.78, 5) is 21.2. The Morgan fingerprint density at radius 3 is 2.62 bits per heavy atom. The highest BCUT2D eigenvalue weighted by Gasteiger charge is 2.51. The zero-order valence-corrected chi connectivity index (χ0v) is 15.7. The number of para-hydroxylation sites is 2. The molecule has 0 spiro atoms. The van der Waals surface area contributed by atoms with Crippen molar-refractivity contribution in [3.8, 4) is 0 Å². The monoisotopic (exact) mass is 365 g/mol. The van der Waals surface area contributed by atoms with Gasteiger partial charge >= 0.3 is 0 Å². The van der Waals surface area contributed by atoms with Crippen LogP contribution in [0.15, 0.2) is 54.6 Å². The molecule has 0 aliphatic heterocycles. The zero-order valence-electron chi connectivity index (χ0n) is 14.9. The second-order valence-electron chi connectivity index (χ2n) is 6.89. The van der Waals surface area contributed by atoms with Gasteiger partial charge in [-0.05, 0) is 49.0 Å². The highest BCUT2D eigenvalue weighted by molar-refractivity contribution is 7.98. The van der Waals surface area contributed by atoms with Crippen LogP contribution in [0.25, 0.3) is 11.0 Å². The first-order valence-corrected chi connectivity index (χ1v) is 10.4. The van der Waals surface area contributed by atoms with Crippen molar-refractivity contribution >= 4 is 28.7 Å². The topological polar surface area (TPSA) is 57.8 Å². The normalized spacial score (nSPS) is 16.3. The largest absolute Gasteiger partial charge is 0.345 e. The van der Waals surface area contributed by atoms with E-state index in [-0.39, 0.29) is 17.4 Å². The number of aromatic nitrogens is 2. The molecule has 1 unspecified atom stereocenters. The van der Waals surface area contributed by atoms with Crippen LogP contribution in [0.3, 0.4) is 0 Å². The minimum atomic E-state index is -0.356. The van der Waals surface area contributed by atoms with Crippen LogP contribution in [0.1, 0.15) is 36.7 Å². The highest BCUT2D eigenvalue weighted by atomic mass is 32.2. The van der Waals surface area contributed by atoms with Gasteiger partial charge in [0, 0.05) is 0 Å². The van der Waals surface area contributed by atoms with E-state index in [2.05, 4.69) is 28.7 Å². The number of nitrogens with one attached hydrogen (secondary N) is 2. The number of carbonyl (C=O) groups is 1. The Hall–Kier alpha value is -2.27. The zero-order chi connectivity index (χ0) is 18.0. The van der Waals surface area contributed by atoms with E-state index < -0.39 is 0 Å². The molecule has 5 heteroatoms. The van der Waals surface area contributed by atoms with Crippen molar-refractivity contribution in [1.29, 1.82) is 0 Å². The van der Waals surface area contributed by atoms with Gasteiger partial charge in [0.05, 0.1) is 22.5 Å². The van der Waals surface area contributed by atoms with Gasteiger partial charge in [-0.25, -0.2) is 4.98 Å². The Bertz CT molecular complexity index is 869. The minimum Gasteiger partial charge on any atom is -0.345 e. The fourth-order valence-electron chi connectivity index (χ4n) is 3.48. The lowest BCUT2D eigenvalue weighted by Gasteiger charge is -2.21. The quantitative estimate of drug-likeness (QED) is 0.659. The van der Waals surface area contributed by atoms with Gasteiger partial charge < -0.3 is 10.3 Å². The number of amides is 1. The van der Waals surface area contributed by atoms with E-state index in [1.807, 2.05) is 42.5 Å². The van der Waals surface area contributed by atoms with Gasteiger partial charge in [0.2, 0.25) is 5.91 Å². The molecular weight excluding hydrogens is 342 g/mol. The molecule has 134 valence electrons. The van der Waals surface area contributed by atoms with Gasteiger partial charge in [0.15, 0.2) is 0 Å². The molecule has 4 nitrogen and oxygen atoms in total. The fraction of sp³-hybridized carbons (Fsp3) is 0.333. The number of nitrogens with zero attached hydrogens (tertiary/aromatic N) is 1. The molecule has 1 amide bonds. The summed E-state index contributed by atoms with van der Waals surface area (Å²) in [5, 5.41) is 3.28. The maximum atomic E-state index is 13.1.